The lowest BCUT2D eigenvalue weighted by atomic mass is 10.1. The van der Waals surface area contributed by atoms with Crippen molar-refractivity contribution in [2.75, 3.05) is 14.2 Å². The van der Waals surface area contributed by atoms with Gasteiger partial charge in [-0.15, -0.1) is 0 Å². The van der Waals surface area contributed by atoms with E-state index < -0.39 is 0 Å². The molecule has 0 aromatic heterocycles. The van der Waals surface area contributed by atoms with Gasteiger partial charge in [0.1, 0.15) is 0 Å². The van der Waals surface area contributed by atoms with E-state index in [0.29, 0.717) is 10.2 Å². The van der Waals surface area contributed by atoms with Crippen LogP contribution in [0.25, 0.3) is 0 Å². The number of methoxy groups -OCH3 is 1. The highest BCUT2D eigenvalue weighted by atomic mass is 79.9. The Bertz CT molecular complexity index is 328. The summed E-state index contributed by atoms with van der Waals surface area (Å²) in [4.78, 5) is 0. The summed E-state index contributed by atoms with van der Waals surface area (Å²) in [6.07, 6.45) is 0. The molecule has 0 radical (unpaired) electrons. The maximum atomic E-state index is 9.72. The number of ether oxygens (including phenoxy) is 1. The maximum Gasteiger partial charge on any atom is 0.172 e. The monoisotopic (exact) mass is 259 g/mol. The molecular formula is C10H14BrNO2. The van der Waals surface area contributed by atoms with Crippen molar-refractivity contribution in [2.45, 2.75) is 13.0 Å². The van der Waals surface area contributed by atoms with Crippen LogP contribution in [0, 0.1) is 0 Å². The molecule has 14 heavy (non-hydrogen) atoms. The van der Waals surface area contributed by atoms with E-state index in [9.17, 15) is 5.11 Å². The number of phenolic OH excluding ortho intramolecular Hbond substituents is 1. The van der Waals surface area contributed by atoms with E-state index in [2.05, 4.69) is 21.2 Å². The van der Waals surface area contributed by atoms with Crippen LogP contribution in [0.1, 0.15) is 18.5 Å². The van der Waals surface area contributed by atoms with Crippen LogP contribution in [-0.4, -0.2) is 19.3 Å². The number of halogens is 1. The molecule has 0 fully saturated rings. The number of hydrogen-bond donors (Lipinski definition) is 2. The van der Waals surface area contributed by atoms with Crippen LogP contribution in [0.15, 0.2) is 16.6 Å². The minimum atomic E-state index is 0.145. The first-order chi connectivity index (χ1) is 6.61. The van der Waals surface area contributed by atoms with Crippen LogP contribution >= 0.6 is 15.9 Å². The van der Waals surface area contributed by atoms with Crippen molar-refractivity contribution < 1.29 is 9.84 Å². The maximum absolute atomic E-state index is 9.72. The predicted molar refractivity (Wildman–Crippen MR) is 59.8 cm³/mol. The first-order valence-electron chi connectivity index (χ1n) is 4.34. The van der Waals surface area contributed by atoms with E-state index in [1.807, 2.05) is 20.0 Å². The minimum Gasteiger partial charge on any atom is -0.503 e. The highest BCUT2D eigenvalue weighted by Gasteiger charge is 2.14. The molecule has 2 N–H and O–H groups in total. The van der Waals surface area contributed by atoms with E-state index in [0.717, 1.165) is 5.56 Å². The third-order valence-corrected chi connectivity index (χ3v) is 3.06. The Hall–Kier alpha value is -0.740. The van der Waals surface area contributed by atoms with Crippen molar-refractivity contribution in [3.8, 4) is 11.5 Å². The first kappa shape index (κ1) is 11.3. The van der Waals surface area contributed by atoms with Crippen molar-refractivity contribution in [2.24, 2.45) is 0 Å². The second-order valence-corrected chi connectivity index (χ2v) is 3.82. The molecule has 0 heterocycles. The molecule has 0 amide bonds. The quantitative estimate of drug-likeness (QED) is 0.877. The van der Waals surface area contributed by atoms with Gasteiger partial charge in [-0.2, -0.15) is 0 Å². The fraction of sp³-hybridized carbons (Fsp3) is 0.400. The molecule has 78 valence electrons. The topological polar surface area (TPSA) is 41.5 Å². The summed E-state index contributed by atoms with van der Waals surface area (Å²) in [6.45, 7) is 2.02. The van der Waals surface area contributed by atoms with Gasteiger partial charge in [0.05, 0.1) is 11.6 Å². The number of hydrogen-bond acceptors (Lipinski definition) is 3. The summed E-state index contributed by atoms with van der Waals surface area (Å²) in [5, 5.41) is 12.8. The summed E-state index contributed by atoms with van der Waals surface area (Å²) < 4.78 is 5.67. The van der Waals surface area contributed by atoms with Crippen molar-refractivity contribution in [3.05, 3.63) is 22.2 Å². The summed E-state index contributed by atoms with van der Waals surface area (Å²) in [5.74, 6) is 0.621. The van der Waals surface area contributed by atoms with Gasteiger partial charge >= 0.3 is 0 Å². The molecule has 1 aromatic carbocycles. The zero-order chi connectivity index (χ0) is 10.7. The average Bonchev–Trinajstić information content (AvgIpc) is 2.21. The van der Waals surface area contributed by atoms with Crippen molar-refractivity contribution in [3.63, 3.8) is 0 Å². The van der Waals surface area contributed by atoms with Gasteiger partial charge in [0.2, 0.25) is 0 Å². The second kappa shape index (κ2) is 4.66. The number of rotatable bonds is 3. The molecule has 1 atom stereocenters. The standard InChI is InChI=1S/C10H14BrNO2/c1-6(12-2)7-4-5-8(14-3)10(13)9(7)11/h4-6,12-13H,1-3H3/t6-/m1/s1. The summed E-state index contributed by atoms with van der Waals surface area (Å²) >= 11 is 3.34. The average molecular weight is 260 g/mol. The molecule has 0 aliphatic heterocycles. The second-order valence-electron chi connectivity index (χ2n) is 3.03. The Balaban J connectivity index is 3.17. The fourth-order valence-electron chi connectivity index (χ4n) is 1.22. The molecule has 1 aromatic rings. The SMILES string of the molecule is CN[C@H](C)c1ccc(OC)c(O)c1Br. The molecule has 3 nitrogen and oxygen atoms in total. The fourth-order valence-corrected chi connectivity index (χ4v) is 1.89. The lowest BCUT2D eigenvalue weighted by Gasteiger charge is -2.15. The van der Waals surface area contributed by atoms with Crippen molar-refractivity contribution >= 4 is 15.9 Å². The Morgan fingerprint density at radius 1 is 1.50 bits per heavy atom. The first-order valence-corrected chi connectivity index (χ1v) is 5.13. The summed E-state index contributed by atoms with van der Waals surface area (Å²) in [7, 11) is 3.40. The molecule has 4 heteroatoms. The van der Waals surface area contributed by atoms with Crippen LogP contribution in [0.5, 0.6) is 11.5 Å². The van der Waals surface area contributed by atoms with E-state index in [4.69, 9.17) is 4.74 Å². The van der Waals surface area contributed by atoms with Gasteiger partial charge in [-0.3, -0.25) is 0 Å². The van der Waals surface area contributed by atoms with Crippen molar-refractivity contribution in [1.29, 1.82) is 0 Å². The smallest absolute Gasteiger partial charge is 0.172 e. The van der Waals surface area contributed by atoms with Gasteiger partial charge in [0.25, 0.3) is 0 Å². The van der Waals surface area contributed by atoms with Crippen LogP contribution < -0.4 is 10.1 Å². The Morgan fingerprint density at radius 2 is 2.14 bits per heavy atom. The summed E-state index contributed by atoms with van der Waals surface area (Å²) in [5.41, 5.74) is 1.01. The van der Waals surface area contributed by atoms with E-state index >= 15 is 0 Å². The zero-order valence-corrected chi connectivity index (χ0v) is 10.1. The van der Waals surface area contributed by atoms with Crippen LogP contribution in [0.4, 0.5) is 0 Å². The van der Waals surface area contributed by atoms with Gasteiger partial charge in [0, 0.05) is 6.04 Å². The molecule has 0 saturated heterocycles. The molecule has 0 aliphatic carbocycles. The zero-order valence-electron chi connectivity index (χ0n) is 8.47. The third-order valence-electron chi connectivity index (χ3n) is 2.23. The third kappa shape index (κ3) is 2.01. The van der Waals surface area contributed by atoms with Crippen molar-refractivity contribution in [1.82, 2.24) is 5.32 Å². The van der Waals surface area contributed by atoms with Gasteiger partial charge in [-0.1, -0.05) is 6.07 Å². The van der Waals surface area contributed by atoms with E-state index in [-0.39, 0.29) is 11.8 Å². The molecule has 1 rings (SSSR count). The number of nitrogens with one attached hydrogen (secondary N) is 1. The largest absolute Gasteiger partial charge is 0.503 e. The number of aromatic hydroxyl groups is 1. The van der Waals surface area contributed by atoms with E-state index in [1.165, 1.54) is 7.11 Å². The van der Waals surface area contributed by atoms with Gasteiger partial charge in [0.15, 0.2) is 11.5 Å². The van der Waals surface area contributed by atoms with Crippen LogP contribution in [-0.2, 0) is 0 Å². The predicted octanol–water partition coefficient (Wildman–Crippen LogP) is 2.44. The van der Waals surface area contributed by atoms with Crippen LogP contribution in [0.3, 0.4) is 0 Å². The Labute approximate surface area is 92.2 Å². The summed E-state index contributed by atoms with van der Waals surface area (Å²) in [6, 6.07) is 3.86. The normalized spacial score (nSPS) is 12.6. The number of phenols is 1. The Kier molecular flexibility index (Phi) is 3.77. The lowest BCUT2D eigenvalue weighted by Crippen LogP contribution is -2.12. The van der Waals surface area contributed by atoms with Crippen LogP contribution in [0.2, 0.25) is 0 Å². The molecule has 0 spiro atoms. The van der Waals surface area contributed by atoms with E-state index in [1.54, 1.807) is 6.07 Å². The molecule has 0 aliphatic rings. The number of benzene rings is 1. The Morgan fingerprint density at radius 3 is 2.64 bits per heavy atom. The molecule has 0 unspecified atom stereocenters. The van der Waals surface area contributed by atoms with Gasteiger partial charge in [-0.25, -0.2) is 0 Å². The van der Waals surface area contributed by atoms with Gasteiger partial charge in [-0.05, 0) is 41.5 Å². The highest BCUT2D eigenvalue weighted by Crippen LogP contribution is 2.38. The molecular weight excluding hydrogens is 246 g/mol. The minimum absolute atomic E-state index is 0.145. The molecule has 0 saturated carbocycles. The highest BCUT2D eigenvalue weighted by molar-refractivity contribution is 9.10. The lowest BCUT2D eigenvalue weighted by molar-refractivity contribution is 0.371. The van der Waals surface area contributed by atoms with Gasteiger partial charge < -0.3 is 15.2 Å². The molecule has 0 bridgehead atoms.